The maximum Gasteiger partial charge on any atom is 0.223 e. The van der Waals surface area contributed by atoms with Crippen LogP contribution in [-0.4, -0.2) is 22.1 Å². The van der Waals surface area contributed by atoms with E-state index in [-0.39, 0.29) is 5.95 Å². The molecule has 0 saturated heterocycles. The first-order valence-corrected chi connectivity index (χ1v) is 3.74. The molecule has 0 aromatic carbocycles. The van der Waals surface area contributed by atoms with Crippen LogP contribution in [0.5, 0.6) is 0 Å². The van der Waals surface area contributed by atoms with Crippen molar-refractivity contribution in [3.63, 3.8) is 0 Å². The summed E-state index contributed by atoms with van der Waals surface area (Å²) in [4.78, 5) is 12.0. The molecule has 0 fully saturated rings. The predicted octanol–water partition coefficient (Wildman–Crippen LogP) is 0.163. The van der Waals surface area contributed by atoms with Crippen LogP contribution in [0.4, 0.5) is 5.95 Å². The Hall–Kier alpha value is -1.23. The van der Waals surface area contributed by atoms with Gasteiger partial charge in [-0.2, -0.15) is 9.97 Å². The van der Waals surface area contributed by atoms with Crippen LogP contribution in [-0.2, 0) is 17.8 Å². The average Bonchev–Trinajstić information content (AvgIpc) is 2.04. The third-order valence-electron chi connectivity index (χ3n) is 1.33. The first-order valence-electron chi connectivity index (χ1n) is 3.74. The summed E-state index contributed by atoms with van der Waals surface area (Å²) >= 11 is 0. The maximum atomic E-state index is 5.45. The van der Waals surface area contributed by atoms with Crippen LogP contribution in [0.1, 0.15) is 18.6 Å². The van der Waals surface area contributed by atoms with Gasteiger partial charge in [0.25, 0.3) is 0 Å². The normalized spacial score (nSPS) is 10.2. The number of aromatic nitrogens is 3. The first kappa shape index (κ1) is 8.86. The zero-order valence-electron chi connectivity index (χ0n) is 7.24. The number of ether oxygens (including phenoxy) is 1. The number of aryl methyl sites for hydroxylation is 1. The van der Waals surface area contributed by atoms with Gasteiger partial charge in [-0.05, 0) is 0 Å². The number of nitrogens with zero attached hydrogens (tertiary/aromatic N) is 3. The van der Waals surface area contributed by atoms with Gasteiger partial charge in [0.1, 0.15) is 12.4 Å². The molecular formula is C7H12N4O. The van der Waals surface area contributed by atoms with E-state index >= 15 is 0 Å². The van der Waals surface area contributed by atoms with Gasteiger partial charge in [0.2, 0.25) is 5.95 Å². The van der Waals surface area contributed by atoms with E-state index in [0.717, 1.165) is 6.42 Å². The van der Waals surface area contributed by atoms with Gasteiger partial charge in [0.05, 0.1) is 0 Å². The number of rotatable bonds is 3. The van der Waals surface area contributed by atoms with E-state index in [1.165, 1.54) is 0 Å². The summed E-state index contributed by atoms with van der Waals surface area (Å²) in [6.45, 7) is 2.34. The summed E-state index contributed by atoms with van der Waals surface area (Å²) in [6.07, 6.45) is 0.753. The highest BCUT2D eigenvalue weighted by Gasteiger charge is 2.01. The third kappa shape index (κ3) is 2.13. The minimum Gasteiger partial charge on any atom is -0.377 e. The van der Waals surface area contributed by atoms with Gasteiger partial charge in [0.15, 0.2) is 5.82 Å². The number of hydrogen-bond donors (Lipinski definition) is 1. The smallest absolute Gasteiger partial charge is 0.223 e. The quantitative estimate of drug-likeness (QED) is 0.696. The number of hydrogen-bond acceptors (Lipinski definition) is 5. The van der Waals surface area contributed by atoms with Gasteiger partial charge in [0, 0.05) is 13.5 Å². The van der Waals surface area contributed by atoms with Crippen molar-refractivity contribution < 1.29 is 4.74 Å². The maximum absolute atomic E-state index is 5.45. The summed E-state index contributed by atoms with van der Waals surface area (Å²) in [6, 6.07) is 0. The topological polar surface area (TPSA) is 73.9 Å². The van der Waals surface area contributed by atoms with E-state index in [0.29, 0.717) is 18.3 Å². The molecule has 66 valence electrons. The van der Waals surface area contributed by atoms with Crippen molar-refractivity contribution in [3.8, 4) is 0 Å². The molecule has 1 heterocycles. The second kappa shape index (κ2) is 3.96. The zero-order chi connectivity index (χ0) is 8.97. The van der Waals surface area contributed by atoms with Gasteiger partial charge in [-0.15, -0.1) is 0 Å². The Morgan fingerprint density at radius 2 is 1.92 bits per heavy atom. The molecule has 0 spiro atoms. The van der Waals surface area contributed by atoms with Crippen molar-refractivity contribution in [1.29, 1.82) is 0 Å². The molecule has 1 aromatic heterocycles. The molecule has 12 heavy (non-hydrogen) atoms. The minimum absolute atomic E-state index is 0.258. The molecule has 0 aliphatic heterocycles. The van der Waals surface area contributed by atoms with Gasteiger partial charge in [-0.3, -0.25) is 0 Å². The van der Waals surface area contributed by atoms with E-state index < -0.39 is 0 Å². The lowest BCUT2D eigenvalue weighted by atomic mass is 10.4. The van der Waals surface area contributed by atoms with Crippen molar-refractivity contribution >= 4 is 5.95 Å². The Kier molecular flexibility index (Phi) is 2.93. The number of nitrogen functional groups attached to an aromatic ring is 1. The molecule has 0 unspecified atom stereocenters. The molecule has 1 rings (SSSR count). The van der Waals surface area contributed by atoms with Gasteiger partial charge in [-0.1, -0.05) is 6.92 Å². The van der Waals surface area contributed by atoms with Gasteiger partial charge in [-0.25, -0.2) is 4.98 Å². The molecule has 0 amide bonds. The molecule has 0 saturated carbocycles. The highest BCUT2D eigenvalue weighted by atomic mass is 16.5. The molecular weight excluding hydrogens is 156 g/mol. The molecule has 0 aliphatic rings. The highest BCUT2D eigenvalue weighted by Crippen LogP contribution is 1.98. The van der Waals surface area contributed by atoms with Crippen LogP contribution in [0.15, 0.2) is 0 Å². The Morgan fingerprint density at radius 3 is 2.50 bits per heavy atom. The van der Waals surface area contributed by atoms with Gasteiger partial charge < -0.3 is 10.5 Å². The van der Waals surface area contributed by atoms with Crippen LogP contribution >= 0.6 is 0 Å². The molecule has 5 nitrogen and oxygen atoms in total. The molecule has 5 heteroatoms. The average molecular weight is 168 g/mol. The molecule has 0 aliphatic carbocycles. The van der Waals surface area contributed by atoms with E-state index in [1.807, 2.05) is 6.92 Å². The largest absolute Gasteiger partial charge is 0.377 e. The first-order chi connectivity index (χ1) is 5.76. The van der Waals surface area contributed by atoms with E-state index in [1.54, 1.807) is 7.11 Å². The fraction of sp³-hybridized carbons (Fsp3) is 0.571. The molecule has 0 atom stereocenters. The lowest BCUT2D eigenvalue weighted by Crippen LogP contribution is -2.07. The summed E-state index contributed by atoms with van der Waals surface area (Å²) < 4.78 is 4.87. The Balaban J connectivity index is 2.90. The summed E-state index contributed by atoms with van der Waals surface area (Å²) in [5.74, 6) is 1.55. The second-order valence-electron chi connectivity index (χ2n) is 2.31. The van der Waals surface area contributed by atoms with E-state index in [4.69, 9.17) is 10.5 Å². The van der Waals surface area contributed by atoms with Crippen LogP contribution in [0.2, 0.25) is 0 Å². The van der Waals surface area contributed by atoms with E-state index in [9.17, 15) is 0 Å². The lowest BCUT2D eigenvalue weighted by Gasteiger charge is -2.01. The SMILES string of the molecule is CCc1nc(N)nc(COC)n1. The third-order valence-corrected chi connectivity index (χ3v) is 1.33. The molecule has 0 bridgehead atoms. The summed E-state index contributed by atoms with van der Waals surface area (Å²) in [5.41, 5.74) is 5.45. The monoisotopic (exact) mass is 168 g/mol. The van der Waals surface area contributed by atoms with Crippen LogP contribution in [0.3, 0.4) is 0 Å². The van der Waals surface area contributed by atoms with E-state index in [2.05, 4.69) is 15.0 Å². The Bertz CT molecular complexity index is 264. The lowest BCUT2D eigenvalue weighted by molar-refractivity contribution is 0.177. The fourth-order valence-electron chi connectivity index (χ4n) is 0.840. The molecule has 1 aromatic rings. The number of methoxy groups -OCH3 is 1. The van der Waals surface area contributed by atoms with Crippen molar-refractivity contribution in [2.45, 2.75) is 20.0 Å². The Labute approximate surface area is 71.0 Å². The summed E-state index contributed by atoms with van der Waals surface area (Å²) in [5, 5.41) is 0. The Morgan fingerprint density at radius 1 is 1.25 bits per heavy atom. The number of anilines is 1. The second-order valence-corrected chi connectivity index (χ2v) is 2.31. The highest BCUT2D eigenvalue weighted by molar-refractivity contribution is 5.15. The number of nitrogens with two attached hydrogens (primary N) is 1. The predicted molar refractivity (Wildman–Crippen MR) is 44.3 cm³/mol. The standard InChI is InChI=1S/C7H12N4O/c1-3-5-9-6(4-12-2)11-7(8)10-5/h3-4H2,1-2H3,(H2,8,9,10,11). The minimum atomic E-state index is 0.258. The van der Waals surface area contributed by atoms with Crippen molar-refractivity contribution in [1.82, 2.24) is 15.0 Å². The van der Waals surface area contributed by atoms with Gasteiger partial charge >= 0.3 is 0 Å². The van der Waals surface area contributed by atoms with Crippen molar-refractivity contribution in [3.05, 3.63) is 11.6 Å². The molecule has 0 radical (unpaired) electrons. The fourth-order valence-corrected chi connectivity index (χ4v) is 0.840. The van der Waals surface area contributed by atoms with Crippen LogP contribution < -0.4 is 5.73 Å². The van der Waals surface area contributed by atoms with Crippen molar-refractivity contribution in [2.75, 3.05) is 12.8 Å². The van der Waals surface area contributed by atoms with Crippen molar-refractivity contribution in [2.24, 2.45) is 0 Å². The van der Waals surface area contributed by atoms with Crippen LogP contribution in [0.25, 0.3) is 0 Å². The molecule has 2 N–H and O–H groups in total. The van der Waals surface area contributed by atoms with Crippen LogP contribution in [0, 0.1) is 0 Å². The summed E-state index contributed by atoms with van der Waals surface area (Å²) in [7, 11) is 1.59. The zero-order valence-corrected chi connectivity index (χ0v) is 7.24.